The first-order valence-electron chi connectivity index (χ1n) is 7.41. The maximum absolute atomic E-state index is 12.3. The average molecular weight is 330 g/mol. The Labute approximate surface area is 136 Å². The van der Waals surface area contributed by atoms with Crippen LogP contribution >= 0.6 is 0 Å². The maximum Gasteiger partial charge on any atom is 0.255 e. The number of carbonyl (C=O) groups excluding carboxylic acids is 1. The minimum atomic E-state index is -3.40. The summed E-state index contributed by atoms with van der Waals surface area (Å²) in [5, 5.41) is 2.82. The molecule has 120 valence electrons. The van der Waals surface area contributed by atoms with Crippen molar-refractivity contribution in [2.75, 3.05) is 15.9 Å². The van der Waals surface area contributed by atoms with Gasteiger partial charge in [-0.15, -0.1) is 0 Å². The van der Waals surface area contributed by atoms with E-state index in [9.17, 15) is 13.2 Å². The zero-order valence-corrected chi connectivity index (χ0v) is 13.6. The van der Waals surface area contributed by atoms with Gasteiger partial charge in [0.15, 0.2) is 0 Å². The molecule has 0 heterocycles. The molecule has 2 aromatic carbocycles. The van der Waals surface area contributed by atoms with Crippen LogP contribution in [0.25, 0.3) is 0 Å². The van der Waals surface area contributed by atoms with Crippen LogP contribution in [0, 0.1) is 0 Å². The lowest BCUT2D eigenvalue weighted by molar-refractivity contribution is 0.102. The van der Waals surface area contributed by atoms with E-state index in [0.717, 1.165) is 12.8 Å². The molecule has 1 aliphatic rings. The number of nitrogens with zero attached hydrogens (tertiary/aromatic N) is 1. The van der Waals surface area contributed by atoms with Crippen molar-refractivity contribution in [2.24, 2.45) is 0 Å². The van der Waals surface area contributed by atoms with Gasteiger partial charge in [-0.1, -0.05) is 30.3 Å². The average Bonchev–Trinajstić information content (AvgIpc) is 3.33. The molecule has 3 rings (SSSR count). The summed E-state index contributed by atoms with van der Waals surface area (Å²) >= 11 is 0. The first-order valence-corrected chi connectivity index (χ1v) is 9.26. The summed E-state index contributed by atoms with van der Waals surface area (Å²) in [6.45, 7) is 0. The van der Waals surface area contributed by atoms with Crippen molar-refractivity contribution in [3.63, 3.8) is 0 Å². The normalized spacial score (nSPS) is 14.3. The molecule has 6 heteroatoms. The fraction of sp³-hybridized carbons (Fsp3) is 0.235. The predicted octanol–water partition coefficient (Wildman–Crippen LogP) is 2.87. The number of sulfonamides is 1. The second kappa shape index (κ2) is 6.04. The van der Waals surface area contributed by atoms with E-state index in [1.54, 1.807) is 48.5 Å². The topological polar surface area (TPSA) is 66.5 Å². The summed E-state index contributed by atoms with van der Waals surface area (Å²) in [5.41, 5.74) is 1.54. The quantitative estimate of drug-likeness (QED) is 0.917. The molecule has 5 nitrogen and oxygen atoms in total. The molecule has 1 aliphatic carbocycles. The van der Waals surface area contributed by atoms with Gasteiger partial charge in [-0.25, -0.2) is 8.42 Å². The van der Waals surface area contributed by atoms with Crippen molar-refractivity contribution < 1.29 is 13.2 Å². The van der Waals surface area contributed by atoms with Crippen LogP contribution in [0.5, 0.6) is 0 Å². The molecule has 0 aliphatic heterocycles. The van der Waals surface area contributed by atoms with Crippen LogP contribution in [0.1, 0.15) is 23.2 Å². The Morgan fingerprint density at radius 2 is 1.65 bits per heavy atom. The Kier molecular flexibility index (Phi) is 4.09. The van der Waals surface area contributed by atoms with Gasteiger partial charge in [0.05, 0.1) is 17.6 Å². The lowest BCUT2D eigenvalue weighted by Crippen LogP contribution is -2.32. The number of carbonyl (C=O) groups is 1. The first kappa shape index (κ1) is 15.6. The van der Waals surface area contributed by atoms with Gasteiger partial charge in [0.25, 0.3) is 5.91 Å². The second-order valence-electron chi connectivity index (χ2n) is 5.63. The monoisotopic (exact) mass is 330 g/mol. The summed E-state index contributed by atoms with van der Waals surface area (Å²) in [4.78, 5) is 12.3. The summed E-state index contributed by atoms with van der Waals surface area (Å²) in [5.74, 6) is -0.262. The van der Waals surface area contributed by atoms with E-state index in [1.807, 2.05) is 6.07 Å². The molecule has 0 radical (unpaired) electrons. The van der Waals surface area contributed by atoms with E-state index in [1.165, 1.54) is 10.6 Å². The number of benzene rings is 2. The molecule has 0 saturated heterocycles. The lowest BCUT2D eigenvalue weighted by Gasteiger charge is -2.24. The number of hydrogen-bond donors (Lipinski definition) is 1. The Morgan fingerprint density at radius 3 is 2.26 bits per heavy atom. The lowest BCUT2D eigenvalue weighted by atomic mass is 10.2. The second-order valence-corrected chi connectivity index (χ2v) is 7.49. The highest BCUT2D eigenvalue weighted by Gasteiger charge is 2.36. The fourth-order valence-electron chi connectivity index (χ4n) is 2.51. The van der Waals surface area contributed by atoms with E-state index in [2.05, 4.69) is 5.32 Å². The van der Waals surface area contributed by atoms with Crippen LogP contribution in [-0.2, 0) is 10.0 Å². The molecule has 23 heavy (non-hydrogen) atoms. The van der Waals surface area contributed by atoms with Crippen LogP contribution in [0.15, 0.2) is 54.6 Å². The van der Waals surface area contributed by atoms with E-state index in [4.69, 9.17) is 0 Å². The van der Waals surface area contributed by atoms with Crippen molar-refractivity contribution >= 4 is 27.3 Å². The third-order valence-electron chi connectivity index (χ3n) is 3.66. The molecule has 1 saturated carbocycles. The van der Waals surface area contributed by atoms with Crippen LogP contribution in [0.3, 0.4) is 0 Å². The highest BCUT2D eigenvalue weighted by Crippen LogP contribution is 2.37. The zero-order chi connectivity index (χ0) is 16.4. The van der Waals surface area contributed by atoms with Gasteiger partial charge in [-0.3, -0.25) is 9.10 Å². The molecule has 0 unspecified atom stereocenters. The maximum atomic E-state index is 12.3. The molecule has 1 amide bonds. The number of rotatable bonds is 5. The van der Waals surface area contributed by atoms with Gasteiger partial charge in [-0.05, 0) is 37.1 Å². The first-order chi connectivity index (χ1) is 11.0. The van der Waals surface area contributed by atoms with Gasteiger partial charge in [0, 0.05) is 11.6 Å². The Hall–Kier alpha value is -2.34. The van der Waals surface area contributed by atoms with Crippen molar-refractivity contribution in [1.29, 1.82) is 0 Å². The van der Waals surface area contributed by atoms with Crippen molar-refractivity contribution in [1.82, 2.24) is 0 Å². The molecule has 2 aromatic rings. The van der Waals surface area contributed by atoms with Crippen LogP contribution in [-0.4, -0.2) is 26.6 Å². The van der Waals surface area contributed by atoms with E-state index >= 15 is 0 Å². The number of nitrogens with one attached hydrogen (secondary N) is 1. The molecule has 0 aromatic heterocycles. The van der Waals surface area contributed by atoms with Crippen LogP contribution < -0.4 is 9.62 Å². The van der Waals surface area contributed by atoms with Gasteiger partial charge < -0.3 is 5.32 Å². The SMILES string of the molecule is CS(=O)(=O)N(c1ccccc1NC(=O)c1ccccc1)C1CC1. The summed E-state index contributed by atoms with van der Waals surface area (Å²) in [6, 6.07) is 15.8. The van der Waals surface area contributed by atoms with Crippen molar-refractivity contribution in [3.8, 4) is 0 Å². The van der Waals surface area contributed by atoms with Crippen LogP contribution in [0.4, 0.5) is 11.4 Å². The van der Waals surface area contributed by atoms with E-state index < -0.39 is 10.0 Å². The zero-order valence-electron chi connectivity index (χ0n) is 12.8. The summed E-state index contributed by atoms with van der Waals surface area (Å²) in [6.07, 6.45) is 2.88. The Morgan fingerprint density at radius 1 is 1.04 bits per heavy atom. The van der Waals surface area contributed by atoms with Crippen molar-refractivity contribution in [2.45, 2.75) is 18.9 Å². The number of para-hydroxylation sites is 2. The van der Waals surface area contributed by atoms with Gasteiger partial charge in [0.1, 0.15) is 0 Å². The van der Waals surface area contributed by atoms with Gasteiger partial charge in [0.2, 0.25) is 10.0 Å². The number of hydrogen-bond acceptors (Lipinski definition) is 3. The molecular formula is C17H18N2O3S. The van der Waals surface area contributed by atoms with E-state index in [0.29, 0.717) is 16.9 Å². The predicted molar refractivity (Wildman–Crippen MR) is 91.2 cm³/mol. The molecule has 1 N–H and O–H groups in total. The summed E-state index contributed by atoms with van der Waals surface area (Å²) < 4.78 is 25.7. The molecule has 0 bridgehead atoms. The third-order valence-corrected chi connectivity index (χ3v) is 4.87. The number of anilines is 2. The highest BCUT2D eigenvalue weighted by molar-refractivity contribution is 7.92. The Balaban J connectivity index is 1.93. The third kappa shape index (κ3) is 3.53. The van der Waals surface area contributed by atoms with E-state index in [-0.39, 0.29) is 11.9 Å². The molecule has 0 spiro atoms. The Bertz CT molecular complexity index is 815. The minimum absolute atomic E-state index is 0.0141. The van der Waals surface area contributed by atoms with Gasteiger partial charge in [-0.2, -0.15) is 0 Å². The molecule has 1 fully saturated rings. The smallest absolute Gasteiger partial charge is 0.255 e. The summed E-state index contributed by atoms with van der Waals surface area (Å²) in [7, 11) is -3.40. The highest BCUT2D eigenvalue weighted by atomic mass is 32.2. The number of amides is 1. The van der Waals surface area contributed by atoms with Crippen LogP contribution in [0.2, 0.25) is 0 Å². The standard InChI is InChI=1S/C17H18N2O3S/c1-23(21,22)19(14-11-12-14)16-10-6-5-9-15(16)18-17(20)13-7-3-2-4-8-13/h2-10,14H,11-12H2,1H3,(H,18,20). The molecular weight excluding hydrogens is 312 g/mol. The molecule has 0 atom stereocenters. The van der Waals surface area contributed by atoms with Crippen molar-refractivity contribution in [3.05, 3.63) is 60.2 Å². The fourth-order valence-corrected chi connectivity index (χ4v) is 3.78. The largest absolute Gasteiger partial charge is 0.320 e. The minimum Gasteiger partial charge on any atom is -0.320 e. The van der Waals surface area contributed by atoms with Gasteiger partial charge >= 0.3 is 0 Å².